The summed E-state index contributed by atoms with van der Waals surface area (Å²) in [5, 5.41) is 13.6. The Morgan fingerprint density at radius 1 is 1.22 bits per heavy atom. The van der Waals surface area contributed by atoms with E-state index in [4.69, 9.17) is 21.4 Å². The molecule has 196 valence electrons. The number of hydrogen-bond acceptors (Lipinski definition) is 6. The highest BCUT2D eigenvalue weighted by Gasteiger charge is 2.38. The van der Waals surface area contributed by atoms with Gasteiger partial charge >= 0.3 is 0 Å². The molecule has 8 nitrogen and oxygen atoms in total. The molecule has 0 saturated heterocycles. The number of thiophene rings is 1. The van der Waals surface area contributed by atoms with Crippen molar-refractivity contribution < 1.29 is 9.53 Å². The first-order chi connectivity index (χ1) is 17.7. The maximum atomic E-state index is 14.0. The second-order valence-corrected chi connectivity index (χ2v) is 11.2. The van der Waals surface area contributed by atoms with Gasteiger partial charge in [-0.1, -0.05) is 13.0 Å². The van der Waals surface area contributed by atoms with Gasteiger partial charge in [0.05, 0.1) is 18.4 Å². The molecule has 4 heterocycles. The van der Waals surface area contributed by atoms with Crippen LogP contribution in [0.1, 0.15) is 61.3 Å². The molecule has 0 bridgehead atoms. The highest BCUT2D eigenvalue weighted by Crippen LogP contribution is 2.47. The van der Waals surface area contributed by atoms with Crippen LogP contribution < -0.4 is 10.5 Å². The number of ether oxygens (including phenoxy) is 1. The van der Waals surface area contributed by atoms with Crippen molar-refractivity contribution in [1.82, 2.24) is 9.47 Å². The second-order valence-electron chi connectivity index (χ2n) is 10.2. The third-order valence-corrected chi connectivity index (χ3v) is 7.74. The molecule has 0 fully saturated rings. The zero-order valence-electron chi connectivity index (χ0n) is 22.3. The minimum Gasteiger partial charge on any atom is -0.496 e. The molecule has 1 amide bonds. The van der Waals surface area contributed by atoms with Crippen LogP contribution in [-0.2, 0) is 19.4 Å². The van der Waals surface area contributed by atoms with Crippen molar-refractivity contribution in [1.29, 1.82) is 10.9 Å². The van der Waals surface area contributed by atoms with Crippen LogP contribution in [0.4, 0.5) is 0 Å². The molecule has 2 aliphatic rings. The first kappa shape index (κ1) is 26.8. The lowest BCUT2D eigenvalue weighted by atomic mass is 9.91. The average Bonchev–Trinajstić information content (AvgIpc) is 3.46. The Bertz CT molecular complexity index is 1330. The van der Waals surface area contributed by atoms with Crippen LogP contribution in [0.3, 0.4) is 0 Å². The Morgan fingerprint density at radius 3 is 2.54 bits per heavy atom. The summed E-state index contributed by atoms with van der Waals surface area (Å²) >= 11 is 1.68. The number of methoxy groups -OCH3 is 1. The third kappa shape index (κ3) is 4.73. The van der Waals surface area contributed by atoms with E-state index in [1.807, 2.05) is 30.0 Å². The second kappa shape index (κ2) is 10.6. The molecule has 9 heteroatoms. The summed E-state index contributed by atoms with van der Waals surface area (Å²) in [6, 6.07) is 8.06. The van der Waals surface area contributed by atoms with E-state index in [9.17, 15) is 4.79 Å². The van der Waals surface area contributed by atoms with E-state index in [0.29, 0.717) is 17.9 Å². The molecule has 1 aromatic carbocycles. The lowest BCUT2D eigenvalue weighted by Crippen LogP contribution is -2.46. The maximum Gasteiger partial charge on any atom is 0.271 e. The number of aromatic nitrogens is 1. The standard InChI is InChI=1S/C26H29N5O2S.C2H7N/c1-26(2,3)31-10-5-7-16-21(20-8-6-12-34-20)22-17-14-18(24(27)29-28)19(33-4)13-15(17)9-11-30(22)23(16)25(31)32;1-2-3/h6,8,12-14,27-28H,5,7,9-11H2,1-4H3;2-3H2,1H3. The molecule has 0 radical (unpaired) electrons. The number of amidine groups is 1. The van der Waals surface area contributed by atoms with Gasteiger partial charge in [-0.3, -0.25) is 10.2 Å². The molecule has 37 heavy (non-hydrogen) atoms. The van der Waals surface area contributed by atoms with Gasteiger partial charge in [0.25, 0.3) is 5.91 Å². The molecule has 0 spiro atoms. The largest absolute Gasteiger partial charge is 0.496 e. The van der Waals surface area contributed by atoms with Crippen LogP contribution in [-0.4, -0.2) is 46.9 Å². The van der Waals surface area contributed by atoms with Gasteiger partial charge in [0, 0.05) is 34.6 Å². The van der Waals surface area contributed by atoms with Crippen molar-refractivity contribution in [3.63, 3.8) is 0 Å². The monoisotopic (exact) mass is 520 g/mol. The number of amides is 1. The molecular weight excluding hydrogens is 484 g/mol. The quantitative estimate of drug-likeness (QED) is 0.224. The van der Waals surface area contributed by atoms with Crippen LogP contribution in [0.15, 0.2) is 34.8 Å². The first-order valence-electron chi connectivity index (χ1n) is 12.7. The topological polar surface area (TPSA) is 121 Å². The SMILES string of the molecule is CCN.COc1cc2c(cc1C(=N)N=N)-c1c(-c3cccs3)c3c(n1CC2)C(=O)N(C(C)(C)C)CCC3. The molecule has 4 N–H and O–H groups in total. The lowest BCUT2D eigenvalue weighted by Gasteiger charge is -2.35. The molecule has 0 aliphatic carbocycles. The van der Waals surface area contributed by atoms with Crippen molar-refractivity contribution in [3.8, 4) is 27.4 Å². The zero-order valence-corrected chi connectivity index (χ0v) is 23.1. The van der Waals surface area contributed by atoms with E-state index in [1.54, 1.807) is 18.4 Å². The number of carbonyl (C=O) groups is 1. The number of nitrogens with two attached hydrogens (primary N) is 1. The highest BCUT2D eigenvalue weighted by atomic mass is 32.1. The summed E-state index contributed by atoms with van der Waals surface area (Å²) in [6.45, 7) is 10.4. The summed E-state index contributed by atoms with van der Waals surface area (Å²) in [4.78, 5) is 17.1. The van der Waals surface area contributed by atoms with E-state index in [0.717, 1.165) is 70.9 Å². The zero-order chi connectivity index (χ0) is 26.9. The van der Waals surface area contributed by atoms with Crippen LogP contribution >= 0.6 is 11.3 Å². The van der Waals surface area contributed by atoms with E-state index >= 15 is 0 Å². The van der Waals surface area contributed by atoms with Gasteiger partial charge in [0.15, 0.2) is 5.84 Å². The number of aryl methyl sites for hydroxylation is 1. The van der Waals surface area contributed by atoms with Crippen LogP contribution in [0.25, 0.3) is 21.7 Å². The number of fused-ring (bicyclic) bond motifs is 5. The van der Waals surface area contributed by atoms with Gasteiger partial charge in [-0.2, -0.15) is 0 Å². The first-order valence-corrected chi connectivity index (χ1v) is 13.5. The number of nitrogens with one attached hydrogen (secondary N) is 2. The van der Waals surface area contributed by atoms with Crippen molar-refractivity contribution in [2.45, 2.75) is 59.0 Å². The summed E-state index contributed by atoms with van der Waals surface area (Å²) < 4.78 is 7.75. The summed E-state index contributed by atoms with van der Waals surface area (Å²) in [5.41, 5.74) is 18.6. The minimum atomic E-state index is -0.260. The minimum absolute atomic E-state index is 0.0927. The Balaban J connectivity index is 0.00000102. The van der Waals surface area contributed by atoms with E-state index in [2.05, 4.69) is 41.9 Å². The van der Waals surface area contributed by atoms with Crippen LogP contribution in [0.5, 0.6) is 5.75 Å². The number of benzene rings is 1. The van der Waals surface area contributed by atoms with Gasteiger partial charge in [0.1, 0.15) is 11.4 Å². The van der Waals surface area contributed by atoms with E-state index in [1.165, 1.54) is 0 Å². The Morgan fingerprint density at radius 2 is 1.95 bits per heavy atom. The highest BCUT2D eigenvalue weighted by molar-refractivity contribution is 7.13. The van der Waals surface area contributed by atoms with Gasteiger partial charge in [-0.25, -0.2) is 5.53 Å². The van der Waals surface area contributed by atoms with Crippen molar-refractivity contribution in [3.05, 3.63) is 52.0 Å². The van der Waals surface area contributed by atoms with Crippen molar-refractivity contribution >= 4 is 23.1 Å². The van der Waals surface area contributed by atoms with Gasteiger partial charge in [-0.05, 0) is 81.3 Å². The Kier molecular flexibility index (Phi) is 7.66. The van der Waals surface area contributed by atoms with Crippen LogP contribution in [0, 0.1) is 10.9 Å². The fourth-order valence-electron chi connectivity index (χ4n) is 5.33. The predicted octanol–water partition coefficient (Wildman–Crippen LogP) is 5.96. The summed E-state index contributed by atoms with van der Waals surface area (Å²) in [6.07, 6.45) is 2.52. The Labute approximate surface area is 222 Å². The molecule has 2 aromatic heterocycles. The predicted molar refractivity (Wildman–Crippen MR) is 149 cm³/mol. The number of carbonyl (C=O) groups excluding carboxylic acids is 1. The maximum absolute atomic E-state index is 14.0. The number of rotatable bonds is 3. The molecule has 2 aliphatic heterocycles. The fourth-order valence-corrected chi connectivity index (χ4v) is 6.13. The van der Waals surface area contributed by atoms with Crippen LogP contribution in [0.2, 0.25) is 0 Å². The molecular formula is C28H36N6O2S. The average molecular weight is 521 g/mol. The fraction of sp³-hybridized carbons (Fsp3) is 0.429. The summed E-state index contributed by atoms with van der Waals surface area (Å²) in [7, 11) is 1.58. The molecule has 3 aromatic rings. The number of nitrogens with zero attached hydrogens (tertiary/aromatic N) is 3. The third-order valence-electron chi connectivity index (χ3n) is 6.85. The molecule has 0 unspecified atom stereocenters. The molecule has 5 rings (SSSR count). The Hall–Kier alpha value is -3.30. The smallest absolute Gasteiger partial charge is 0.271 e. The van der Waals surface area contributed by atoms with Crippen molar-refractivity contribution in [2.75, 3.05) is 20.2 Å². The van der Waals surface area contributed by atoms with Gasteiger partial charge in [-0.15, -0.1) is 16.5 Å². The van der Waals surface area contributed by atoms with E-state index in [-0.39, 0.29) is 17.3 Å². The van der Waals surface area contributed by atoms with Gasteiger partial charge < -0.3 is 19.9 Å². The normalized spacial score (nSPS) is 14.5. The summed E-state index contributed by atoms with van der Waals surface area (Å²) in [5.74, 6) is 0.502. The lowest BCUT2D eigenvalue weighted by molar-refractivity contribution is 0.0579. The van der Waals surface area contributed by atoms with E-state index < -0.39 is 0 Å². The van der Waals surface area contributed by atoms with Gasteiger partial charge in [0.2, 0.25) is 0 Å². The molecule has 0 saturated carbocycles. The number of hydrogen-bond donors (Lipinski definition) is 3. The van der Waals surface area contributed by atoms with Crippen molar-refractivity contribution in [2.24, 2.45) is 10.8 Å². The molecule has 0 atom stereocenters.